The number of aliphatic hydroxyl groups is 1. The van der Waals surface area contributed by atoms with Crippen LogP contribution in [-0.4, -0.2) is 120 Å². The van der Waals surface area contributed by atoms with Gasteiger partial charge in [0.15, 0.2) is 0 Å². The van der Waals surface area contributed by atoms with Crippen molar-refractivity contribution in [1.29, 1.82) is 0 Å². The Labute approximate surface area is 365 Å². The van der Waals surface area contributed by atoms with Crippen molar-refractivity contribution in [3.63, 3.8) is 0 Å². The molecule has 7 amide bonds. The van der Waals surface area contributed by atoms with Gasteiger partial charge in [-0.05, 0) is 88.7 Å². The average Bonchev–Trinajstić information content (AvgIpc) is 3.19. The normalized spacial score (nSPS) is 22.0. The smallest absolute Gasteiger partial charge is 0.328 e. The molecule has 19 heteroatoms. The van der Waals surface area contributed by atoms with Gasteiger partial charge in [0.05, 0.1) is 12.6 Å². The van der Waals surface area contributed by atoms with Gasteiger partial charge in [0, 0.05) is 0 Å². The second-order valence-electron chi connectivity index (χ2n) is 17.3. The second kappa shape index (κ2) is 26.4. The minimum Gasteiger partial charge on any atom is -0.458 e. The first kappa shape index (κ1) is 53.0. The SMILES string of the molecule is CC(C)C[C@@H]1NC(=O)[C@H](C)NC(=O)C(NC(=O)[C@H](CO)NC(=O)[C@@H](CCCCN)NC(=O)[C@@H](CC(C)C)NC(=O)[C@@H](N)Cc2ccccc2)[C@H](C)OC(=O)[C@H](CC(C)C)NC1=O. The maximum atomic E-state index is 13.8. The molecular weight excluding hydrogens is 803 g/mol. The lowest BCUT2D eigenvalue weighted by Crippen LogP contribution is -2.62. The molecule has 0 aliphatic carbocycles. The zero-order valence-corrected chi connectivity index (χ0v) is 37.5. The minimum absolute atomic E-state index is 0.0245. The number of carbonyl (C=O) groups is 8. The number of ether oxygens (including phenoxy) is 1. The fourth-order valence-electron chi connectivity index (χ4n) is 6.75. The van der Waals surface area contributed by atoms with E-state index in [2.05, 4.69) is 37.2 Å². The van der Waals surface area contributed by atoms with Crippen molar-refractivity contribution < 1.29 is 48.2 Å². The van der Waals surface area contributed by atoms with Crippen LogP contribution < -0.4 is 48.7 Å². The third-order valence-electron chi connectivity index (χ3n) is 10.1. The summed E-state index contributed by atoms with van der Waals surface area (Å²) in [4.78, 5) is 108. The van der Waals surface area contributed by atoms with E-state index >= 15 is 0 Å². The summed E-state index contributed by atoms with van der Waals surface area (Å²) in [5, 5.41) is 28.4. The minimum atomic E-state index is -1.68. The van der Waals surface area contributed by atoms with Crippen LogP contribution in [0.3, 0.4) is 0 Å². The Morgan fingerprint density at radius 1 is 0.710 bits per heavy atom. The number of unbranched alkanes of at least 4 members (excludes halogenated alkanes) is 1. The number of hydrogen-bond acceptors (Lipinski definition) is 12. The van der Waals surface area contributed by atoms with E-state index in [4.69, 9.17) is 16.2 Å². The number of rotatable bonds is 21. The van der Waals surface area contributed by atoms with Crippen LogP contribution in [0.15, 0.2) is 30.3 Å². The Hall–Kier alpha value is -5.14. The van der Waals surface area contributed by atoms with Crippen molar-refractivity contribution >= 4 is 47.3 Å². The van der Waals surface area contributed by atoms with Gasteiger partial charge in [-0.3, -0.25) is 33.6 Å². The lowest BCUT2D eigenvalue weighted by molar-refractivity contribution is -0.156. The molecule has 1 fully saturated rings. The average molecular weight is 874 g/mol. The molecule has 1 unspecified atom stereocenters. The lowest BCUT2D eigenvalue weighted by atomic mass is 10.00. The zero-order chi connectivity index (χ0) is 46.7. The molecule has 12 N–H and O–H groups in total. The van der Waals surface area contributed by atoms with E-state index in [-0.39, 0.29) is 49.9 Å². The van der Waals surface area contributed by atoms with Gasteiger partial charge in [0.25, 0.3) is 0 Å². The van der Waals surface area contributed by atoms with Gasteiger partial charge in [0.2, 0.25) is 41.4 Å². The standard InChI is InChI=1S/C43H71N9O10/c1-23(2)18-31-40(58)50-33(20-25(5)6)43(61)62-27(8)35(42(60)46-26(7)36(54)48-31)52-41(59)34(22-53)51-38(56)30(16-12-13-17-44)47-39(57)32(19-24(3)4)49-37(55)29(45)21-28-14-10-9-11-15-28/h9-11,14-15,23-27,29-35,53H,12-13,16-22,44-45H2,1-8H3,(H,46,60)(H,47,57)(H,48,54)(H,49,55)(H,50,58)(H,51,56)(H,52,59)/t26-,27-,29-,30+,31-,32+,33-,34-,35?/m0/s1. The number of esters is 1. The van der Waals surface area contributed by atoms with Crippen LogP contribution in [0.1, 0.15) is 99.5 Å². The summed E-state index contributed by atoms with van der Waals surface area (Å²) in [6.07, 6.45) is 0.418. The fourth-order valence-corrected chi connectivity index (χ4v) is 6.75. The Balaban J connectivity index is 2.34. The maximum Gasteiger partial charge on any atom is 0.328 e. The molecule has 348 valence electrons. The molecule has 0 radical (unpaired) electrons. The largest absolute Gasteiger partial charge is 0.458 e. The maximum absolute atomic E-state index is 13.8. The van der Waals surface area contributed by atoms with Crippen LogP contribution in [0.4, 0.5) is 0 Å². The van der Waals surface area contributed by atoms with E-state index in [1.54, 1.807) is 0 Å². The number of benzene rings is 1. The summed E-state index contributed by atoms with van der Waals surface area (Å²) in [5.41, 5.74) is 12.7. The number of carbonyl (C=O) groups excluding carboxylic acids is 8. The highest BCUT2D eigenvalue weighted by molar-refractivity contribution is 5.98. The molecule has 1 heterocycles. The first-order valence-electron chi connectivity index (χ1n) is 21.6. The monoisotopic (exact) mass is 874 g/mol. The van der Waals surface area contributed by atoms with Crippen molar-refractivity contribution in [1.82, 2.24) is 37.2 Å². The lowest BCUT2D eigenvalue weighted by Gasteiger charge is -2.29. The van der Waals surface area contributed by atoms with E-state index in [1.165, 1.54) is 13.8 Å². The van der Waals surface area contributed by atoms with Gasteiger partial charge >= 0.3 is 5.97 Å². The number of nitrogens with one attached hydrogen (secondary N) is 7. The highest BCUT2D eigenvalue weighted by Gasteiger charge is 2.38. The van der Waals surface area contributed by atoms with Crippen LogP contribution in [0, 0.1) is 17.8 Å². The summed E-state index contributed by atoms with van der Waals surface area (Å²) in [7, 11) is 0. The van der Waals surface area contributed by atoms with Crippen LogP contribution in [-0.2, 0) is 49.5 Å². The van der Waals surface area contributed by atoms with E-state index in [0.29, 0.717) is 19.4 Å². The van der Waals surface area contributed by atoms with Gasteiger partial charge in [-0.1, -0.05) is 71.9 Å². The van der Waals surface area contributed by atoms with Crippen molar-refractivity contribution in [2.24, 2.45) is 29.2 Å². The van der Waals surface area contributed by atoms with E-state index in [0.717, 1.165) is 5.56 Å². The number of cyclic esters (lactones) is 1. The molecule has 1 saturated heterocycles. The molecule has 1 aromatic rings. The van der Waals surface area contributed by atoms with Crippen LogP contribution in [0.5, 0.6) is 0 Å². The highest BCUT2D eigenvalue weighted by Crippen LogP contribution is 2.14. The van der Waals surface area contributed by atoms with Crippen LogP contribution in [0.25, 0.3) is 0 Å². The number of aliphatic hydroxyl groups excluding tert-OH is 1. The molecular formula is C43H71N9O10. The second-order valence-corrected chi connectivity index (χ2v) is 17.3. The van der Waals surface area contributed by atoms with Crippen molar-refractivity contribution in [2.75, 3.05) is 13.2 Å². The predicted molar refractivity (Wildman–Crippen MR) is 231 cm³/mol. The highest BCUT2D eigenvalue weighted by atomic mass is 16.5. The quantitative estimate of drug-likeness (QED) is 0.0535. The molecule has 9 atom stereocenters. The van der Waals surface area contributed by atoms with Gasteiger partial charge < -0.3 is 58.5 Å². The third-order valence-corrected chi connectivity index (χ3v) is 10.1. The van der Waals surface area contributed by atoms with Crippen LogP contribution in [0.2, 0.25) is 0 Å². The summed E-state index contributed by atoms with van der Waals surface area (Å²) in [6, 6.07) is -0.870. The first-order chi connectivity index (χ1) is 29.2. The Kier molecular flexibility index (Phi) is 22.5. The molecule has 2 rings (SSSR count). The number of hydrogen-bond donors (Lipinski definition) is 10. The van der Waals surface area contributed by atoms with E-state index in [1.807, 2.05) is 71.9 Å². The molecule has 0 spiro atoms. The Morgan fingerprint density at radius 3 is 1.85 bits per heavy atom. The molecule has 19 nitrogen and oxygen atoms in total. The fraction of sp³-hybridized carbons (Fsp3) is 0.674. The first-order valence-corrected chi connectivity index (χ1v) is 21.6. The van der Waals surface area contributed by atoms with E-state index < -0.39 is 108 Å². The molecule has 0 aromatic heterocycles. The zero-order valence-electron chi connectivity index (χ0n) is 37.5. The summed E-state index contributed by atoms with van der Waals surface area (Å²) >= 11 is 0. The van der Waals surface area contributed by atoms with Crippen molar-refractivity contribution in [3.8, 4) is 0 Å². The van der Waals surface area contributed by atoms with Gasteiger partial charge in [0.1, 0.15) is 48.4 Å². The number of amides is 7. The molecule has 0 bridgehead atoms. The summed E-state index contributed by atoms with van der Waals surface area (Å²) < 4.78 is 5.66. The van der Waals surface area contributed by atoms with Crippen molar-refractivity contribution in [2.45, 2.75) is 155 Å². The van der Waals surface area contributed by atoms with Gasteiger partial charge in [-0.15, -0.1) is 0 Å². The third kappa shape index (κ3) is 18.1. The van der Waals surface area contributed by atoms with Gasteiger partial charge in [-0.25, -0.2) is 4.79 Å². The van der Waals surface area contributed by atoms with E-state index in [9.17, 15) is 43.5 Å². The summed E-state index contributed by atoms with van der Waals surface area (Å²) in [6.45, 7) is 13.2. The number of nitrogens with two attached hydrogens (primary N) is 2. The predicted octanol–water partition coefficient (Wildman–Crippen LogP) is -0.825. The van der Waals surface area contributed by atoms with Gasteiger partial charge in [-0.2, -0.15) is 0 Å². The Morgan fingerprint density at radius 2 is 1.27 bits per heavy atom. The van der Waals surface area contributed by atoms with Crippen molar-refractivity contribution in [3.05, 3.63) is 35.9 Å². The molecule has 1 aromatic carbocycles. The topological polar surface area (TPSA) is 302 Å². The molecule has 1 aliphatic rings. The van der Waals surface area contributed by atoms with Crippen LogP contribution >= 0.6 is 0 Å². The summed E-state index contributed by atoms with van der Waals surface area (Å²) in [5.74, 6) is -6.43. The molecule has 0 saturated carbocycles. The Bertz CT molecular complexity index is 1660. The molecule has 62 heavy (non-hydrogen) atoms. The molecule has 1 aliphatic heterocycles.